The Morgan fingerprint density at radius 3 is 2.80 bits per heavy atom. The first kappa shape index (κ1) is 20.8. The number of halogens is 2. The third-order valence-electron chi connectivity index (χ3n) is 5.53. The van der Waals surface area contributed by atoms with Crippen LogP contribution in [-0.2, 0) is 20.9 Å². The summed E-state index contributed by atoms with van der Waals surface area (Å²) in [6.07, 6.45) is 3.51. The van der Waals surface area contributed by atoms with Gasteiger partial charge in [-0.2, -0.15) is 0 Å². The molecule has 1 heterocycles. The molecule has 1 aliphatic heterocycles. The number of benzene rings is 2. The van der Waals surface area contributed by atoms with Crippen molar-refractivity contribution in [3.05, 3.63) is 75.5 Å². The highest BCUT2D eigenvalue weighted by molar-refractivity contribution is 6.31. The van der Waals surface area contributed by atoms with Crippen LogP contribution in [0.4, 0.5) is 0 Å². The number of carbonyl (C=O) groups is 2. The molecule has 2 aliphatic rings. The number of amides is 2. The van der Waals surface area contributed by atoms with Crippen LogP contribution in [0.15, 0.2) is 54.3 Å². The summed E-state index contributed by atoms with van der Waals surface area (Å²) in [5.74, 6) is -0.188. The smallest absolute Gasteiger partial charge is 0.286 e. The van der Waals surface area contributed by atoms with E-state index in [-0.39, 0.29) is 35.6 Å². The molecule has 156 valence electrons. The van der Waals surface area contributed by atoms with Crippen LogP contribution in [0.5, 0.6) is 0 Å². The van der Waals surface area contributed by atoms with E-state index < -0.39 is 0 Å². The number of hydrogen-bond donors (Lipinski definition) is 2. The van der Waals surface area contributed by atoms with Crippen molar-refractivity contribution in [2.75, 3.05) is 0 Å². The van der Waals surface area contributed by atoms with E-state index in [4.69, 9.17) is 27.9 Å². The predicted octanol–water partition coefficient (Wildman–Crippen LogP) is 4.33. The normalized spacial score (nSPS) is 24.5. The molecule has 1 saturated carbocycles. The van der Waals surface area contributed by atoms with E-state index in [1.165, 1.54) is 0 Å². The Kier molecular flexibility index (Phi) is 6.30. The van der Waals surface area contributed by atoms with Crippen molar-refractivity contribution in [3.63, 3.8) is 0 Å². The molecule has 4 rings (SSSR count). The lowest BCUT2D eigenvalue weighted by Crippen LogP contribution is -2.54. The molecule has 1 aliphatic carbocycles. The number of ether oxygens (including phenoxy) is 1. The van der Waals surface area contributed by atoms with Crippen LogP contribution in [0, 0.1) is 5.92 Å². The SMILES string of the molecule is O=C1NC2CC(C(=O)NCc3ccccc3Cl)CCC2O/C1=C\c1cccc(Cl)c1. The van der Waals surface area contributed by atoms with Gasteiger partial charge in [0, 0.05) is 22.5 Å². The van der Waals surface area contributed by atoms with Gasteiger partial charge < -0.3 is 15.4 Å². The summed E-state index contributed by atoms with van der Waals surface area (Å²) in [4.78, 5) is 25.2. The zero-order valence-corrected chi connectivity index (χ0v) is 17.7. The summed E-state index contributed by atoms with van der Waals surface area (Å²) < 4.78 is 5.98. The third-order valence-corrected chi connectivity index (χ3v) is 6.14. The van der Waals surface area contributed by atoms with Gasteiger partial charge in [-0.25, -0.2) is 0 Å². The number of fused-ring (bicyclic) bond motifs is 1. The molecule has 0 spiro atoms. The zero-order chi connectivity index (χ0) is 21.1. The Hall–Kier alpha value is -2.50. The molecule has 2 aromatic carbocycles. The summed E-state index contributed by atoms with van der Waals surface area (Å²) in [5, 5.41) is 7.20. The Labute approximate surface area is 185 Å². The molecular formula is C23H22Cl2N2O3. The lowest BCUT2D eigenvalue weighted by atomic mass is 9.82. The fourth-order valence-electron chi connectivity index (χ4n) is 3.95. The van der Waals surface area contributed by atoms with Gasteiger partial charge in [0.2, 0.25) is 5.91 Å². The number of carbonyl (C=O) groups excluding carboxylic acids is 2. The summed E-state index contributed by atoms with van der Waals surface area (Å²) in [6.45, 7) is 0.387. The van der Waals surface area contributed by atoms with Crippen molar-refractivity contribution < 1.29 is 14.3 Å². The topological polar surface area (TPSA) is 67.4 Å². The molecule has 3 unspecified atom stereocenters. The van der Waals surface area contributed by atoms with Gasteiger partial charge in [-0.1, -0.05) is 53.5 Å². The van der Waals surface area contributed by atoms with E-state index in [1.807, 2.05) is 30.3 Å². The minimum absolute atomic E-state index is 0.0251. The largest absolute Gasteiger partial charge is 0.483 e. The first-order valence-electron chi connectivity index (χ1n) is 9.95. The minimum Gasteiger partial charge on any atom is -0.483 e. The summed E-state index contributed by atoms with van der Waals surface area (Å²) in [6, 6.07) is 14.5. The van der Waals surface area contributed by atoms with Gasteiger partial charge in [-0.3, -0.25) is 9.59 Å². The lowest BCUT2D eigenvalue weighted by Gasteiger charge is -2.39. The monoisotopic (exact) mass is 444 g/mol. The van der Waals surface area contributed by atoms with Crippen LogP contribution < -0.4 is 10.6 Å². The second-order valence-corrected chi connectivity index (χ2v) is 8.46. The maximum absolute atomic E-state index is 12.6. The second-order valence-electron chi connectivity index (χ2n) is 7.62. The van der Waals surface area contributed by atoms with Gasteiger partial charge in [0.1, 0.15) is 6.10 Å². The predicted molar refractivity (Wildman–Crippen MR) is 117 cm³/mol. The standard InChI is InChI=1S/C23H22Cl2N2O3/c24-17-6-3-4-14(10-17)11-21-23(29)27-19-12-15(8-9-20(19)30-21)22(28)26-13-16-5-1-2-7-18(16)25/h1-7,10-11,15,19-20H,8-9,12-13H2,(H,26,28)(H,27,29)/b21-11-. The highest BCUT2D eigenvalue weighted by Gasteiger charge is 2.40. The summed E-state index contributed by atoms with van der Waals surface area (Å²) >= 11 is 12.2. The van der Waals surface area contributed by atoms with E-state index in [9.17, 15) is 9.59 Å². The summed E-state index contributed by atoms with van der Waals surface area (Å²) in [7, 11) is 0. The number of rotatable bonds is 4. The minimum atomic E-state index is -0.270. The van der Waals surface area contributed by atoms with E-state index in [1.54, 1.807) is 24.3 Å². The molecule has 30 heavy (non-hydrogen) atoms. The highest BCUT2D eigenvalue weighted by atomic mass is 35.5. The molecular weight excluding hydrogens is 423 g/mol. The van der Waals surface area contributed by atoms with Gasteiger partial charge >= 0.3 is 0 Å². The van der Waals surface area contributed by atoms with Crippen molar-refractivity contribution >= 4 is 41.1 Å². The summed E-state index contributed by atoms with van der Waals surface area (Å²) in [5.41, 5.74) is 1.69. The number of nitrogens with one attached hydrogen (secondary N) is 2. The molecule has 0 bridgehead atoms. The number of hydrogen-bond acceptors (Lipinski definition) is 3. The van der Waals surface area contributed by atoms with Crippen molar-refractivity contribution in [2.45, 2.75) is 38.0 Å². The quantitative estimate of drug-likeness (QED) is 0.689. The fourth-order valence-corrected chi connectivity index (χ4v) is 4.35. The second kappa shape index (κ2) is 9.11. The van der Waals surface area contributed by atoms with Crippen molar-refractivity contribution in [2.24, 2.45) is 5.92 Å². The Morgan fingerprint density at radius 1 is 1.17 bits per heavy atom. The van der Waals surface area contributed by atoms with Crippen LogP contribution in [0.1, 0.15) is 30.4 Å². The molecule has 5 nitrogen and oxygen atoms in total. The van der Waals surface area contributed by atoms with E-state index in [2.05, 4.69) is 10.6 Å². The first-order chi connectivity index (χ1) is 14.5. The van der Waals surface area contributed by atoms with Crippen LogP contribution in [0.25, 0.3) is 6.08 Å². The average Bonchev–Trinajstić information content (AvgIpc) is 2.73. The fraction of sp³-hybridized carbons (Fsp3) is 0.304. The molecule has 2 amide bonds. The van der Waals surface area contributed by atoms with E-state index in [0.717, 1.165) is 11.1 Å². The van der Waals surface area contributed by atoms with Crippen LogP contribution in [0.2, 0.25) is 10.0 Å². The molecule has 2 fully saturated rings. The van der Waals surface area contributed by atoms with Gasteiger partial charge in [-0.15, -0.1) is 0 Å². The van der Waals surface area contributed by atoms with Crippen LogP contribution in [-0.4, -0.2) is 24.0 Å². The lowest BCUT2D eigenvalue weighted by molar-refractivity contribution is -0.134. The Morgan fingerprint density at radius 2 is 2.00 bits per heavy atom. The molecule has 2 aromatic rings. The molecule has 0 radical (unpaired) electrons. The molecule has 0 aromatic heterocycles. The van der Waals surface area contributed by atoms with Crippen molar-refractivity contribution in [1.29, 1.82) is 0 Å². The van der Waals surface area contributed by atoms with Crippen LogP contribution in [0.3, 0.4) is 0 Å². The first-order valence-corrected chi connectivity index (χ1v) is 10.7. The maximum atomic E-state index is 12.6. The molecule has 2 N–H and O–H groups in total. The highest BCUT2D eigenvalue weighted by Crippen LogP contribution is 2.32. The van der Waals surface area contributed by atoms with Crippen molar-refractivity contribution in [3.8, 4) is 0 Å². The average molecular weight is 445 g/mol. The van der Waals surface area contributed by atoms with E-state index in [0.29, 0.717) is 35.9 Å². The molecule has 3 atom stereocenters. The molecule has 1 saturated heterocycles. The maximum Gasteiger partial charge on any atom is 0.286 e. The van der Waals surface area contributed by atoms with Gasteiger partial charge in [-0.05, 0) is 54.7 Å². The van der Waals surface area contributed by atoms with Gasteiger partial charge in [0.15, 0.2) is 5.76 Å². The Balaban J connectivity index is 1.36. The van der Waals surface area contributed by atoms with E-state index >= 15 is 0 Å². The van der Waals surface area contributed by atoms with Crippen molar-refractivity contribution in [1.82, 2.24) is 10.6 Å². The van der Waals surface area contributed by atoms with Gasteiger partial charge in [0.25, 0.3) is 5.91 Å². The van der Waals surface area contributed by atoms with Gasteiger partial charge in [0.05, 0.1) is 6.04 Å². The zero-order valence-electron chi connectivity index (χ0n) is 16.2. The molecule has 7 heteroatoms. The number of morpholine rings is 1. The third kappa shape index (κ3) is 4.79. The van der Waals surface area contributed by atoms with Crippen LogP contribution >= 0.6 is 23.2 Å². The Bertz CT molecular complexity index is 992.